The number of rotatable bonds is 1. The highest BCUT2D eigenvalue weighted by atomic mass is 15.1. The summed E-state index contributed by atoms with van der Waals surface area (Å²) in [7, 11) is 0. The molecule has 0 saturated carbocycles. The minimum atomic E-state index is 0.300. The van der Waals surface area contributed by atoms with Gasteiger partial charge in [-0.1, -0.05) is 39.0 Å². The average molecular weight is 231 g/mol. The molecule has 1 aromatic rings. The fourth-order valence-corrected chi connectivity index (χ4v) is 1.49. The van der Waals surface area contributed by atoms with Gasteiger partial charge in [0, 0.05) is 11.6 Å². The van der Waals surface area contributed by atoms with E-state index in [0.29, 0.717) is 12.0 Å². The standard InChI is InChI=1S/C12H15N3.C2H6/c1-9-10(2)13-8-14-12(9)15-11-6-4-3-5-7-11;1-2/h3-10H,1-2H3,(H,13,14,15);1-2H3. The van der Waals surface area contributed by atoms with Gasteiger partial charge in [-0.2, -0.15) is 0 Å². The van der Waals surface area contributed by atoms with Crippen LogP contribution in [0.1, 0.15) is 27.7 Å². The summed E-state index contributed by atoms with van der Waals surface area (Å²) in [6, 6.07) is 10.4. The Bertz CT molecular complexity index is 382. The highest BCUT2D eigenvalue weighted by Gasteiger charge is 2.19. The number of hydrogen-bond donors (Lipinski definition) is 1. The van der Waals surface area contributed by atoms with E-state index in [0.717, 1.165) is 11.5 Å². The van der Waals surface area contributed by atoms with Crippen molar-refractivity contribution in [2.24, 2.45) is 15.9 Å². The lowest BCUT2D eigenvalue weighted by Gasteiger charge is -2.22. The first-order chi connectivity index (χ1) is 8.27. The molecule has 1 aromatic carbocycles. The first-order valence-corrected chi connectivity index (χ1v) is 6.19. The van der Waals surface area contributed by atoms with Crippen LogP contribution in [0, 0.1) is 5.92 Å². The summed E-state index contributed by atoms with van der Waals surface area (Å²) in [5, 5.41) is 3.32. The average Bonchev–Trinajstić information content (AvgIpc) is 2.39. The molecule has 3 nitrogen and oxygen atoms in total. The predicted octanol–water partition coefficient (Wildman–Crippen LogP) is 3.59. The van der Waals surface area contributed by atoms with E-state index >= 15 is 0 Å². The zero-order chi connectivity index (χ0) is 12.7. The highest BCUT2D eigenvalue weighted by Crippen LogP contribution is 2.15. The fraction of sp³-hybridized carbons (Fsp3) is 0.429. The van der Waals surface area contributed by atoms with Crippen molar-refractivity contribution in [2.45, 2.75) is 33.7 Å². The van der Waals surface area contributed by atoms with Gasteiger partial charge < -0.3 is 5.32 Å². The zero-order valence-electron chi connectivity index (χ0n) is 11.0. The molecule has 3 heteroatoms. The van der Waals surface area contributed by atoms with Crippen molar-refractivity contribution in [3.05, 3.63) is 30.3 Å². The minimum Gasteiger partial charge on any atom is -0.343 e. The molecule has 2 atom stereocenters. The van der Waals surface area contributed by atoms with Crippen LogP contribution in [0.15, 0.2) is 40.3 Å². The lowest BCUT2D eigenvalue weighted by molar-refractivity contribution is 0.609. The van der Waals surface area contributed by atoms with Gasteiger partial charge in [0.1, 0.15) is 12.2 Å². The zero-order valence-corrected chi connectivity index (χ0v) is 11.0. The predicted molar refractivity (Wildman–Crippen MR) is 76.0 cm³/mol. The first kappa shape index (κ1) is 13.4. The lowest BCUT2D eigenvalue weighted by atomic mass is 10.0. The molecule has 0 aromatic heterocycles. The maximum Gasteiger partial charge on any atom is 0.113 e. The topological polar surface area (TPSA) is 36.8 Å². The van der Waals surface area contributed by atoms with Crippen LogP contribution in [0.5, 0.6) is 0 Å². The lowest BCUT2D eigenvalue weighted by Crippen LogP contribution is -2.30. The third kappa shape index (κ3) is 3.70. The number of nitrogens with one attached hydrogen (secondary N) is 1. The van der Waals surface area contributed by atoms with Crippen LogP contribution < -0.4 is 5.32 Å². The Balaban J connectivity index is 0.000000686. The van der Waals surface area contributed by atoms with Crippen molar-refractivity contribution in [3.8, 4) is 0 Å². The minimum absolute atomic E-state index is 0.300. The molecule has 2 rings (SSSR count). The number of aliphatic imine (C=N–C) groups is 2. The monoisotopic (exact) mass is 231 g/mol. The van der Waals surface area contributed by atoms with Gasteiger partial charge >= 0.3 is 0 Å². The molecular weight excluding hydrogens is 210 g/mol. The van der Waals surface area contributed by atoms with Crippen LogP contribution in [0.2, 0.25) is 0 Å². The molecule has 0 saturated heterocycles. The van der Waals surface area contributed by atoms with Crippen LogP contribution in [-0.4, -0.2) is 18.2 Å². The van der Waals surface area contributed by atoms with Crippen LogP contribution >= 0.6 is 0 Å². The number of hydrogen-bond acceptors (Lipinski definition) is 3. The van der Waals surface area contributed by atoms with Crippen molar-refractivity contribution < 1.29 is 0 Å². The molecule has 1 heterocycles. The van der Waals surface area contributed by atoms with Crippen molar-refractivity contribution in [2.75, 3.05) is 5.32 Å². The van der Waals surface area contributed by atoms with Gasteiger partial charge in [-0.3, -0.25) is 4.99 Å². The Labute approximate surface area is 104 Å². The maximum absolute atomic E-state index is 4.27. The third-order valence-corrected chi connectivity index (χ3v) is 2.70. The summed E-state index contributed by atoms with van der Waals surface area (Å²) in [5.41, 5.74) is 1.07. The molecule has 0 spiro atoms. The van der Waals surface area contributed by atoms with E-state index in [1.807, 2.05) is 44.2 Å². The highest BCUT2D eigenvalue weighted by molar-refractivity contribution is 6.02. The van der Waals surface area contributed by atoms with Crippen molar-refractivity contribution in [3.63, 3.8) is 0 Å². The normalized spacial score (nSPS) is 22.2. The second-order valence-corrected chi connectivity index (χ2v) is 3.80. The van der Waals surface area contributed by atoms with Crippen molar-refractivity contribution >= 4 is 17.9 Å². The number of amidine groups is 1. The smallest absolute Gasteiger partial charge is 0.113 e. The van der Waals surface area contributed by atoms with E-state index in [9.17, 15) is 0 Å². The Morgan fingerprint density at radius 1 is 1.06 bits per heavy atom. The molecule has 1 N–H and O–H groups in total. The number of nitrogens with zero attached hydrogens (tertiary/aromatic N) is 2. The second-order valence-electron chi connectivity index (χ2n) is 3.80. The summed E-state index contributed by atoms with van der Waals surface area (Å²) in [4.78, 5) is 8.52. The summed E-state index contributed by atoms with van der Waals surface area (Å²) >= 11 is 0. The first-order valence-electron chi connectivity index (χ1n) is 6.19. The Morgan fingerprint density at radius 2 is 1.71 bits per heavy atom. The maximum atomic E-state index is 4.27. The molecule has 0 fully saturated rings. The van der Waals surface area contributed by atoms with Gasteiger partial charge in [-0.15, -0.1) is 0 Å². The van der Waals surface area contributed by atoms with Crippen LogP contribution in [0.3, 0.4) is 0 Å². The number of anilines is 1. The van der Waals surface area contributed by atoms with Crippen LogP contribution in [0.4, 0.5) is 5.69 Å². The van der Waals surface area contributed by atoms with Gasteiger partial charge in [0.05, 0.1) is 6.04 Å². The fourth-order valence-electron chi connectivity index (χ4n) is 1.49. The van der Waals surface area contributed by atoms with Gasteiger partial charge in [0.2, 0.25) is 0 Å². The molecule has 0 radical (unpaired) electrons. The number of benzene rings is 1. The van der Waals surface area contributed by atoms with Crippen LogP contribution in [0.25, 0.3) is 0 Å². The summed E-state index contributed by atoms with van der Waals surface area (Å²) in [5.74, 6) is 1.33. The van der Waals surface area contributed by atoms with Crippen LogP contribution in [-0.2, 0) is 0 Å². The molecule has 17 heavy (non-hydrogen) atoms. The molecule has 0 aliphatic carbocycles. The van der Waals surface area contributed by atoms with E-state index in [4.69, 9.17) is 0 Å². The molecule has 1 aliphatic rings. The van der Waals surface area contributed by atoms with Gasteiger partial charge in [-0.25, -0.2) is 4.99 Å². The summed E-state index contributed by atoms with van der Waals surface area (Å²) < 4.78 is 0. The Kier molecular flexibility index (Phi) is 5.40. The second kappa shape index (κ2) is 6.84. The molecular formula is C14H21N3. The molecule has 2 unspecified atom stereocenters. The molecule has 1 aliphatic heterocycles. The summed E-state index contributed by atoms with van der Waals surface area (Å²) in [6.07, 6.45) is 1.63. The van der Waals surface area contributed by atoms with Gasteiger partial charge in [-0.05, 0) is 19.1 Å². The third-order valence-electron chi connectivity index (χ3n) is 2.70. The quantitative estimate of drug-likeness (QED) is 0.788. The van der Waals surface area contributed by atoms with E-state index in [1.165, 1.54) is 0 Å². The van der Waals surface area contributed by atoms with E-state index < -0.39 is 0 Å². The van der Waals surface area contributed by atoms with E-state index in [1.54, 1.807) is 6.34 Å². The van der Waals surface area contributed by atoms with Gasteiger partial charge in [0.25, 0.3) is 0 Å². The van der Waals surface area contributed by atoms with Crippen molar-refractivity contribution in [1.29, 1.82) is 0 Å². The largest absolute Gasteiger partial charge is 0.343 e. The van der Waals surface area contributed by atoms with E-state index in [-0.39, 0.29) is 0 Å². The summed E-state index contributed by atoms with van der Waals surface area (Å²) in [6.45, 7) is 8.23. The van der Waals surface area contributed by atoms with Gasteiger partial charge in [0.15, 0.2) is 0 Å². The molecule has 0 bridgehead atoms. The van der Waals surface area contributed by atoms with E-state index in [2.05, 4.69) is 29.1 Å². The number of para-hydroxylation sites is 1. The Morgan fingerprint density at radius 3 is 2.35 bits per heavy atom. The molecule has 92 valence electrons. The molecule has 0 amide bonds. The SMILES string of the molecule is CC.CC1N=CN=C(Nc2ccccc2)C1C. The Hall–Kier alpha value is -1.64. The van der Waals surface area contributed by atoms with Crippen molar-refractivity contribution in [1.82, 2.24) is 0 Å².